The molecule has 1 fully saturated rings. The van der Waals surface area contributed by atoms with Crippen molar-refractivity contribution in [3.8, 4) is 0 Å². The predicted octanol–water partition coefficient (Wildman–Crippen LogP) is 2.42. The van der Waals surface area contributed by atoms with Crippen molar-refractivity contribution < 1.29 is 0 Å². The van der Waals surface area contributed by atoms with Crippen molar-refractivity contribution in [3.63, 3.8) is 0 Å². The Kier molecular flexibility index (Phi) is 4.29. The molecule has 0 atom stereocenters. The summed E-state index contributed by atoms with van der Waals surface area (Å²) in [6, 6.07) is 0.558. The lowest BCUT2D eigenvalue weighted by atomic mass is 9.83. The third-order valence-electron chi connectivity index (χ3n) is 3.09. The Balaban J connectivity index is 1.73. The Morgan fingerprint density at radius 3 is 2.69 bits per heavy atom. The summed E-state index contributed by atoms with van der Waals surface area (Å²) in [6.45, 7) is 5.35. The highest BCUT2D eigenvalue weighted by Crippen LogP contribution is 2.30. The molecule has 90 valence electrons. The zero-order valence-electron chi connectivity index (χ0n) is 10.2. The fraction of sp³-hybridized carbons (Fsp3) is 0.833. The second kappa shape index (κ2) is 5.73. The van der Waals surface area contributed by atoms with E-state index in [-0.39, 0.29) is 0 Å². The first-order valence-corrected chi connectivity index (χ1v) is 7.10. The first-order chi connectivity index (χ1) is 7.74. The molecule has 0 saturated heterocycles. The van der Waals surface area contributed by atoms with Gasteiger partial charge >= 0.3 is 0 Å². The van der Waals surface area contributed by atoms with E-state index in [1.165, 1.54) is 29.3 Å². The van der Waals surface area contributed by atoms with Gasteiger partial charge in [-0.15, -0.1) is 21.5 Å². The molecule has 1 aliphatic rings. The van der Waals surface area contributed by atoms with Crippen LogP contribution in [0.4, 0.5) is 0 Å². The van der Waals surface area contributed by atoms with Crippen LogP contribution in [0.1, 0.15) is 43.1 Å². The van der Waals surface area contributed by atoms with Crippen LogP contribution in [0.3, 0.4) is 0 Å². The second-order valence-electron chi connectivity index (χ2n) is 4.95. The molecule has 0 bridgehead atoms. The van der Waals surface area contributed by atoms with Gasteiger partial charge < -0.3 is 5.32 Å². The Morgan fingerprint density at radius 2 is 2.06 bits per heavy atom. The molecule has 2 rings (SSSR count). The van der Waals surface area contributed by atoms with Crippen LogP contribution >= 0.6 is 11.3 Å². The molecule has 1 N–H and O–H groups in total. The molecule has 0 amide bonds. The number of hydrogen-bond acceptors (Lipinski definition) is 4. The lowest BCUT2D eigenvalue weighted by Crippen LogP contribution is -2.24. The fourth-order valence-electron chi connectivity index (χ4n) is 1.88. The average Bonchev–Trinajstić information content (AvgIpc) is 2.59. The molecule has 4 heteroatoms. The Labute approximate surface area is 102 Å². The SMILES string of the molecule is CC(C)NCCc1nnc(CC2CCC2)s1. The summed E-state index contributed by atoms with van der Waals surface area (Å²) in [6.07, 6.45) is 6.37. The first kappa shape index (κ1) is 12.0. The smallest absolute Gasteiger partial charge is 0.118 e. The Bertz CT molecular complexity index is 318. The minimum atomic E-state index is 0.558. The van der Waals surface area contributed by atoms with E-state index in [1.807, 2.05) is 0 Å². The molecule has 0 radical (unpaired) electrons. The molecular formula is C12H21N3S. The van der Waals surface area contributed by atoms with Crippen molar-refractivity contribution >= 4 is 11.3 Å². The average molecular weight is 239 g/mol. The highest BCUT2D eigenvalue weighted by atomic mass is 32.1. The van der Waals surface area contributed by atoms with Crippen LogP contribution < -0.4 is 5.32 Å². The van der Waals surface area contributed by atoms with E-state index in [9.17, 15) is 0 Å². The summed E-state index contributed by atoms with van der Waals surface area (Å²) in [5.74, 6) is 0.898. The van der Waals surface area contributed by atoms with Crippen LogP contribution in [0.5, 0.6) is 0 Å². The van der Waals surface area contributed by atoms with Crippen LogP contribution in [-0.4, -0.2) is 22.8 Å². The molecule has 1 aromatic heterocycles. The highest BCUT2D eigenvalue weighted by Gasteiger charge is 2.19. The van der Waals surface area contributed by atoms with E-state index in [0.717, 1.165) is 25.3 Å². The van der Waals surface area contributed by atoms with E-state index < -0.39 is 0 Å². The van der Waals surface area contributed by atoms with Crippen molar-refractivity contribution in [3.05, 3.63) is 10.0 Å². The van der Waals surface area contributed by atoms with Gasteiger partial charge in [0.25, 0.3) is 0 Å². The quantitative estimate of drug-likeness (QED) is 0.828. The van der Waals surface area contributed by atoms with Crippen molar-refractivity contribution in [2.75, 3.05) is 6.54 Å². The third-order valence-corrected chi connectivity index (χ3v) is 4.09. The summed E-state index contributed by atoms with van der Waals surface area (Å²) in [7, 11) is 0. The third kappa shape index (κ3) is 3.52. The molecule has 0 unspecified atom stereocenters. The van der Waals surface area contributed by atoms with Gasteiger partial charge in [-0.3, -0.25) is 0 Å². The molecule has 0 aromatic carbocycles. The number of nitrogens with zero attached hydrogens (tertiary/aromatic N) is 2. The molecule has 16 heavy (non-hydrogen) atoms. The minimum Gasteiger partial charge on any atom is -0.314 e. The largest absolute Gasteiger partial charge is 0.314 e. The lowest BCUT2D eigenvalue weighted by molar-refractivity contribution is 0.313. The molecule has 1 aromatic rings. The van der Waals surface area contributed by atoms with E-state index in [1.54, 1.807) is 11.3 Å². The minimum absolute atomic E-state index is 0.558. The van der Waals surface area contributed by atoms with Crippen LogP contribution in [0.15, 0.2) is 0 Å². The van der Waals surface area contributed by atoms with Gasteiger partial charge in [-0.25, -0.2) is 0 Å². The predicted molar refractivity (Wildman–Crippen MR) is 67.8 cm³/mol. The molecule has 1 aliphatic carbocycles. The maximum absolute atomic E-state index is 4.28. The molecule has 1 heterocycles. The van der Waals surface area contributed by atoms with Gasteiger partial charge in [-0.05, 0) is 5.92 Å². The summed E-state index contributed by atoms with van der Waals surface area (Å²) in [5, 5.41) is 14.4. The van der Waals surface area contributed by atoms with Crippen molar-refractivity contribution in [1.29, 1.82) is 0 Å². The van der Waals surface area contributed by atoms with Crippen molar-refractivity contribution in [2.45, 2.75) is 52.0 Å². The number of nitrogens with one attached hydrogen (secondary N) is 1. The fourth-order valence-corrected chi connectivity index (χ4v) is 2.84. The van der Waals surface area contributed by atoms with E-state index in [2.05, 4.69) is 29.4 Å². The standard InChI is InChI=1S/C12H21N3S/c1-9(2)13-7-6-11-14-15-12(16-11)8-10-4-3-5-10/h9-10,13H,3-8H2,1-2H3. The van der Waals surface area contributed by atoms with Gasteiger partial charge in [0, 0.05) is 25.4 Å². The van der Waals surface area contributed by atoms with E-state index >= 15 is 0 Å². The number of aromatic nitrogens is 2. The molecule has 0 spiro atoms. The van der Waals surface area contributed by atoms with Gasteiger partial charge in [-0.1, -0.05) is 33.1 Å². The summed E-state index contributed by atoms with van der Waals surface area (Å²) in [4.78, 5) is 0. The zero-order chi connectivity index (χ0) is 11.4. The van der Waals surface area contributed by atoms with E-state index in [0.29, 0.717) is 6.04 Å². The van der Waals surface area contributed by atoms with Crippen LogP contribution in [0.2, 0.25) is 0 Å². The Hall–Kier alpha value is -0.480. The summed E-state index contributed by atoms with van der Waals surface area (Å²) >= 11 is 1.80. The van der Waals surface area contributed by atoms with Gasteiger partial charge in [0.2, 0.25) is 0 Å². The maximum atomic E-state index is 4.28. The molecule has 1 saturated carbocycles. The van der Waals surface area contributed by atoms with Crippen molar-refractivity contribution in [2.24, 2.45) is 5.92 Å². The van der Waals surface area contributed by atoms with Gasteiger partial charge in [0.05, 0.1) is 0 Å². The highest BCUT2D eigenvalue weighted by molar-refractivity contribution is 7.11. The van der Waals surface area contributed by atoms with Crippen LogP contribution in [0.25, 0.3) is 0 Å². The first-order valence-electron chi connectivity index (χ1n) is 6.28. The van der Waals surface area contributed by atoms with Crippen molar-refractivity contribution in [1.82, 2.24) is 15.5 Å². The zero-order valence-corrected chi connectivity index (χ0v) is 11.0. The molecule has 0 aliphatic heterocycles. The number of hydrogen-bond donors (Lipinski definition) is 1. The molecular weight excluding hydrogens is 218 g/mol. The number of rotatable bonds is 6. The molecule has 3 nitrogen and oxygen atoms in total. The van der Waals surface area contributed by atoms with Gasteiger partial charge in [0.1, 0.15) is 10.0 Å². The maximum Gasteiger partial charge on any atom is 0.118 e. The summed E-state index contributed by atoms with van der Waals surface area (Å²) in [5.41, 5.74) is 0. The van der Waals surface area contributed by atoms with Gasteiger partial charge in [-0.2, -0.15) is 0 Å². The normalized spacial score (nSPS) is 16.7. The van der Waals surface area contributed by atoms with Crippen LogP contribution in [-0.2, 0) is 12.8 Å². The topological polar surface area (TPSA) is 37.8 Å². The van der Waals surface area contributed by atoms with Gasteiger partial charge in [0.15, 0.2) is 0 Å². The monoisotopic (exact) mass is 239 g/mol. The Morgan fingerprint density at radius 1 is 1.31 bits per heavy atom. The van der Waals surface area contributed by atoms with E-state index in [4.69, 9.17) is 0 Å². The van der Waals surface area contributed by atoms with Crippen LogP contribution in [0, 0.1) is 5.92 Å². The second-order valence-corrected chi connectivity index (χ2v) is 6.10. The lowest BCUT2D eigenvalue weighted by Gasteiger charge is -2.23. The summed E-state index contributed by atoms with van der Waals surface area (Å²) < 4.78 is 0.